The van der Waals surface area contributed by atoms with Crippen LogP contribution < -0.4 is 0 Å². The molecule has 0 aromatic carbocycles. The molecule has 7 heteroatoms. The Balaban J connectivity index is 1.49. The summed E-state index contributed by atoms with van der Waals surface area (Å²) in [5, 5.41) is 12.3. The Hall–Kier alpha value is -1.99. The summed E-state index contributed by atoms with van der Waals surface area (Å²) in [6.07, 6.45) is 4.54. The molecule has 1 amide bonds. The van der Waals surface area contributed by atoms with Gasteiger partial charge < -0.3 is 4.90 Å². The summed E-state index contributed by atoms with van der Waals surface area (Å²) in [6, 6.07) is 4.02. The minimum absolute atomic E-state index is 0.0541. The Kier molecular flexibility index (Phi) is 4.20. The molecule has 3 heterocycles. The molecule has 124 valence electrons. The molecule has 4 rings (SSSR count). The van der Waals surface area contributed by atoms with Gasteiger partial charge in [-0.05, 0) is 42.7 Å². The van der Waals surface area contributed by atoms with E-state index in [-0.39, 0.29) is 5.91 Å². The van der Waals surface area contributed by atoms with E-state index < -0.39 is 0 Å². The van der Waals surface area contributed by atoms with Gasteiger partial charge in [0.05, 0.1) is 17.1 Å². The maximum atomic E-state index is 12.7. The number of thiophene rings is 1. The second-order valence-electron chi connectivity index (χ2n) is 6.01. The zero-order valence-corrected chi connectivity index (χ0v) is 15.0. The van der Waals surface area contributed by atoms with Gasteiger partial charge in [-0.25, -0.2) is 4.98 Å². The molecular formula is C17H18N4OS2. The van der Waals surface area contributed by atoms with Gasteiger partial charge in [-0.3, -0.25) is 9.89 Å². The van der Waals surface area contributed by atoms with E-state index in [1.165, 1.54) is 35.4 Å². The number of rotatable bonds is 4. The summed E-state index contributed by atoms with van der Waals surface area (Å²) < 4.78 is 0. The number of aryl methyl sites for hydroxylation is 1. The topological polar surface area (TPSA) is 61.9 Å². The normalized spacial score (nSPS) is 13.7. The number of aromatic amines is 1. The van der Waals surface area contributed by atoms with Crippen LogP contribution in [0.4, 0.5) is 0 Å². The second-order valence-corrected chi connectivity index (χ2v) is 7.82. The largest absolute Gasteiger partial charge is 0.334 e. The Labute approximate surface area is 148 Å². The van der Waals surface area contributed by atoms with Crippen molar-refractivity contribution >= 4 is 28.6 Å². The third-order valence-electron chi connectivity index (χ3n) is 4.33. The number of carbonyl (C=O) groups excluding carboxylic acids is 1. The van der Waals surface area contributed by atoms with Crippen LogP contribution in [0.2, 0.25) is 0 Å². The third kappa shape index (κ3) is 2.89. The lowest BCUT2D eigenvalue weighted by atomic mass is 9.96. The summed E-state index contributed by atoms with van der Waals surface area (Å²) in [7, 11) is 1.82. The summed E-state index contributed by atoms with van der Waals surface area (Å²) in [4.78, 5) is 20.0. The molecule has 0 saturated heterocycles. The lowest BCUT2D eigenvalue weighted by Crippen LogP contribution is -2.27. The maximum absolute atomic E-state index is 12.7. The van der Waals surface area contributed by atoms with Crippen molar-refractivity contribution in [1.29, 1.82) is 0 Å². The van der Waals surface area contributed by atoms with Crippen LogP contribution in [0.5, 0.6) is 0 Å². The number of hydrogen-bond donors (Lipinski definition) is 1. The molecule has 1 aliphatic rings. The molecule has 3 aromatic rings. The summed E-state index contributed by atoms with van der Waals surface area (Å²) in [5.74, 6) is -0.0541. The Morgan fingerprint density at radius 3 is 3.04 bits per heavy atom. The molecule has 0 bridgehead atoms. The molecule has 0 spiro atoms. The van der Waals surface area contributed by atoms with Crippen LogP contribution >= 0.6 is 22.7 Å². The predicted molar refractivity (Wildman–Crippen MR) is 96.5 cm³/mol. The number of nitrogens with zero attached hydrogens (tertiary/aromatic N) is 3. The van der Waals surface area contributed by atoms with Gasteiger partial charge in [0.25, 0.3) is 5.91 Å². The van der Waals surface area contributed by atoms with Crippen LogP contribution in [0.3, 0.4) is 0 Å². The molecule has 0 aliphatic heterocycles. The van der Waals surface area contributed by atoms with Crippen LogP contribution in [-0.4, -0.2) is 33.0 Å². The molecular weight excluding hydrogens is 340 g/mol. The van der Waals surface area contributed by atoms with Gasteiger partial charge in [0.15, 0.2) is 0 Å². The van der Waals surface area contributed by atoms with E-state index in [2.05, 4.69) is 15.2 Å². The lowest BCUT2D eigenvalue weighted by Gasteiger charge is -2.17. The molecule has 0 radical (unpaired) electrons. The van der Waals surface area contributed by atoms with E-state index in [4.69, 9.17) is 0 Å². The standard InChI is InChI=1S/C17H18N4OS2/c1-21(9-13-11-5-2-3-6-12(11)19-20-13)17(22)14-10-24-16(18-14)15-7-4-8-23-15/h4,7-8,10H,2-3,5-6,9H2,1H3,(H,19,20). The molecule has 0 fully saturated rings. The first kappa shape index (κ1) is 15.5. The van der Waals surface area contributed by atoms with Gasteiger partial charge in [-0.2, -0.15) is 5.10 Å². The Morgan fingerprint density at radius 2 is 2.21 bits per heavy atom. The van der Waals surface area contributed by atoms with E-state index in [1.807, 2.05) is 29.9 Å². The predicted octanol–water partition coefficient (Wildman–Crippen LogP) is 3.75. The van der Waals surface area contributed by atoms with Gasteiger partial charge >= 0.3 is 0 Å². The van der Waals surface area contributed by atoms with Crippen molar-refractivity contribution in [3.8, 4) is 9.88 Å². The first-order valence-corrected chi connectivity index (χ1v) is 9.78. The van der Waals surface area contributed by atoms with Crippen LogP contribution in [0.25, 0.3) is 9.88 Å². The van der Waals surface area contributed by atoms with Crippen molar-refractivity contribution in [2.24, 2.45) is 0 Å². The Morgan fingerprint density at radius 1 is 1.33 bits per heavy atom. The van der Waals surface area contributed by atoms with Gasteiger partial charge in [0, 0.05) is 18.1 Å². The number of H-pyrrole nitrogens is 1. The number of thiazole rings is 1. The highest BCUT2D eigenvalue weighted by molar-refractivity contribution is 7.20. The van der Waals surface area contributed by atoms with E-state index in [0.717, 1.165) is 28.4 Å². The number of fused-ring (bicyclic) bond motifs is 1. The van der Waals surface area contributed by atoms with Crippen LogP contribution in [0.1, 0.15) is 40.3 Å². The fourth-order valence-electron chi connectivity index (χ4n) is 3.06. The number of aromatic nitrogens is 3. The first-order chi connectivity index (χ1) is 11.7. The SMILES string of the molecule is CN(Cc1n[nH]c2c1CCCC2)C(=O)c1csc(-c2cccs2)n1. The molecule has 1 N–H and O–H groups in total. The summed E-state index contributed by atoms with van der Waals surface area (Å²) in [5.41, 5.74) is 4.05. The average molecular weight is 358 g/mol. The van der Waals surface area contributed by atoms with E-state index in [1.54, 1.807) is 16.2 Å². The summed E-state index contributed by atoms with van der Waals surface area (Å²) >= 11 is 3.15. The second kappa shape index (κ2) is 6.49. The Bertz CT molecular complexity index is 850. The number of hydrogen-bond acceptors (Lipinski definition) is 5. The quantitative estimate of drug-likeness (QED) is 0.773. The van der Waals surface area contributed by atoms with E-state index >= 15 is 0 Å². The molecule has 0 unspecified atom stereocenters. The van der Waals surface area contributed by atoms with Crippen molar-refractivity contribution < 1.29 is 4.79 Å². The molecule has 1 aliphatic carbocycles. The molecule has 3 aromatic heterocycles. The van der Waals surface area contributed by atoms with Crippen molar-refractivity contribution in [3.05, 3.63) is 45.5 Å². The number of carbonyl (C=O) groups is 1. The first-order valence-electron chi connectivity index (χ1n) is 8.02. The van der Waals surface area contributed by atoms with Crippen LogP contribution in [-0.2, 0) is 19.4 Å². The highest BCUT2D eigenvalue weighted by atomic mass is 32.1. The van der Waals surface area contributed by atoms with Crippen LogP contribution in [0, 0.1) is 0 Å². The fraction of sp³-hybridized carbons (Fsp3) is 0.353. The average Bonchev–Trinajstić information content (AvgIpc) is 3.34. The fourth-order valence-corrected chi connectivity index (χ4v) is 4.67. The van der Waals surface area contributed by atoms with E-state index in [9.17, 15) is 4.79 Å². The van der Waals surface area contributed by atoms with Crippen molar-refractivity contribution in [3.63, 3.8) is 0 Å². The van der Waals surface area contributed by atoms with Crippen molar-refractivity contribution in [1.82, 2.24) is 20.1 Å². The van der Waals surface area contributed by atoms with Crippen molar-refractivity contribution in [2.75, 3.05) is 7.05 Å². The highest BCUT2D eigenvalue weighted by Gasteiger charge is 2.21. The highest BCUT2D eigenvalue weighted by Crippen LogP contribution is 2.28. The van der Waals surface area contributed by atoms with Gasteiger partial charge in [-0.15, -0.1) is 22.7 Å². The van der Waals surface area contributed by atoms with Gasteiger partial charge in [0.1, 0.15) is 10.7 Å². The zero-order valence-electron chi connectivity index (χ0n) is 13.4. The molecule has 0 atom stereocenters. The van der Waals surface area contributed by atoms with Gasteiger partial charge in [-0.1, -0.05) is 6.07 Å². The molecule has 0 saturated carbocycles. The third-order valence-corrected chi connectivity index (χ3v) is 6.21. The van der Waals surface area contributed by atoms with Gasteiger partial charge in [0.2, 0.25) is 0 Å². The molecule has 24 heavy (non-hydrogen) atoms. The zero-order chi connectivity index (χ0) is 16.5. The number of nitrogens with one attached hydrogen (secondary N) is 1. The van der Waals surface area contributed by atoms with Crippen molar-refractivity contribution in [2.45, 2.75) is 32.2 Å². The number of amides is 1. The van der Waals surface area contributed by atoms with E-state index in [0.29, 0.717) is 12.2 Å². The summed E-state index contributed by atoms with van der Waals surface area (Å²) in [6.45, 7) is 0.524. The van der Waals surface area contributed by atoms with Crippen LogP contribution in [0.15, 0.2) is 22.9 Å². The smallest absolute Gasteiger partial charge is 0.273 e. The maximum Gasteiger partial charge on any atom is 0.273 e. The molecule has 5 nitrogen and oxygen atoms in total. The monoisotopic (exact) mass is 358 g/mol. The lowest BCUT2D eigenvalue weighted by molar-refractivity contribution is 0.0778. The minimum Gasteiger partial charge on any atom is -0.334 e. The minimum atomic E-state index is -0.0541.